The highest BCUT2D eigenvalue weighted by atomic mass is 35.5. The second-order valence-corrected chi connectivity index (χ2v) is 7.29. The van der Waals surface area contributed by atoms with Crippen LogP contribution in [0.4, 0.5) is 0 Å². The van der Waals surface area contributed by atoms with Crippen molar-refractivity contribution >= 4 is 33.0 Å². The second-order valence-electron chi connectivity index (χ2n) is 4.09. The summed E-state index contributed by atoms with van der Waals surface area (Å²) in [4.78, 5) is 1.02. The minimum absolute atomic E-state index is 0.148. The van der Waals surface area contributed by atoms with Crippen molar-refractivity contribution in [3.8, 4) is 11.8 Å². The van der Waals surface area contributed by atoms with E-state index in [9.17, 15) is 8.42 Å². The lowest BCUT2D eigenvalue weighted by atomic mass is 10.3. The molecule has 0 atom stereocenters. The molecular weight excluding hydrogens is 328 g/mol. The molecule has 4 nitrogen and oxygen atoms in total. The summed E-state index contributed by atoms with van der Waals surface area (Å²) in [5, 5.41) is 2.25. The third-order valence-corrected chi connectivity index (χ3v) is 5.10. The van der Waals surface area contributed by atoms with E-state index in [4.69, 9.17) is 17.3 Å². The molecule has 0 aliphatic carbocycles. The summed E-state index contributed by atoms with van der Waals surface area (Å²) in [6.07, 6.45) is 0. The lowest BCUT2D eigenvalue weighted by molar-refractivity contribution is 0.582. The highest BCUT2D eigenvalue weighted by Gasteiger charge is 2.14. The quantitative estimate of drug-likeness (QED) is 0.838. The molecular formula is C14H13ClN2O2S2. The minimum Gasteiger partial charge on any atom is -0.320 e. The molecule has 0 aliphatic rings. The highest BCUT2D eigenvalue weighted by molar-refractivity contribution is 7.89. The van der Waals surface area contributed by atoms with Crippen molar-refractivity contribution < 1.29 is 8.42 Å². The Morgan fingerprint density at radius 1 is 1.33 bits per heavy atom. The van der Waals surface area contributed by atoms with Crippen LogP contribution in [0.3, 0.4) is 0 Å². The third-order valence-electron chi connectivity index (χ3n) is 2.53. The first-order valence-electron chi connectivity index (χ1n) is 6.03. The summed E-state index contributed by atoms with van der Waals surface area (Å²) in [6.45, 7) is 0.510. The molecule has 1 aromatic carbocycles. The van der Waals surface area contributed by atoms with Gasteiger partial charge < -0.3 is 5.73 Å². The smallest absolute Gasteiger partial charge is 0.240 e. The molecule has 2 aromatic rings. The van der Waals surface area contributed by atoms with Crippen LogP contribution in [0.2, 0.25) is 5.02 Å². The Hall–Kier alpha value is -1.36. The molecule has 0 saturated heterocycles. The number of rotatable bonds is 4. The van der Waals surface area contributed by atoms with Gasteiger partial charge in [0.05, 0.1) is 11.4 Å². The number of benzene rings is 1. The summed E-state index contributed by atoms with van der Waals surface area (Å²) in [6, 6.07) is 7.98. The zero-order chi connectivity index (χ0) is 15.3. The van der Waals surface area contributed by atoms with Gasteiger partial charge in [-0.05, 0) is 24.3 Å². The molecule has 21 heavy (non-hydrogen) atoms. The van der Waals surface area contributed by atoms with Gasteiger partial charge in [0.25, 0.3) is 0 Å². The Morgan fingerprint density at radius 3 is 2.86 bits per heavy atom. The van der Waals surface area contributed by atoms with Crippen molar-refractivity contribution in [3.05, 3.63) is 51.2 Å². The largest absolute Gasteiger partial charge is 0.320 e. The first-order chi connectivity index (χ1) is 10.0. The average molecular weight is 341 g/mol. The number of hydrogen-bond donors (Lipinski definition) is 2. The van der Waals surface area contributed by atoms with Gasteiger partial charge in [-0.2, -0.15) is 0 Å². The summed E-state index contributed by atoms with van der Waals surface area (Å²) in [7, 11) is -3.57. The molecule has 0 bridgehead atoms. The molecule has 0 fully saturated rings. The van der Waals surface area contributed by atoms with Gasteiger partial charge in [-0.3, -0.25) is 0 Å². The number of hydrogen-bond acceptors (Lipinski definition) is 4. The van der Waals surface area contributed by atoms with Crippen molar-refractivity contribution in [1.82, 2.24) is 4.72 Å². The number of halogens is 1. The van der Waals surface area contributed by atoms with Gasteiger partial charge in [-0.1, -0.05) is 29.5 Å². The van der Waals surface area contributed by atoms with E-state index in [1.807, 2.05) is 11.4 Å². The van der Waals surface area contributed by atoms with Crippen LogP contribution < -0.4 is 10.5 Å². The van der Waals surface area contributed by atoms with Gasteiger partial charge in [0, 0.05) is 27.4 Å². The van der Waals surface area contributed by atoms with Gasteiger partial charge >= 0.3 is 0 Å². The molecule has 1 heterocycles. The Labute approximate surface area is 133 Å². The van der Waals surface area contributed by atoms with Crippen LogP contribution in [0.15, 0.2) is 40.6 Å². The van der Waals surface area contributed by atoms with E-state index in [1.165, 1.54) is 23.5 Å². The monoisotopic (exact) mass is 340 g/mol. The van der Waals surface area contributed by atoms with Gasteiger partial charge in [-0.25, -0.2) is 13.1 Å². The Kier molecular flexibility index (Phi) is 5.39. The molecule has 3 N–H and O–H groups in total. The van der Waals surface area contributed by atoms with Crippen LogP contribution in [0.1, 0.15) is 10.4 Å². The fourth-order valence-corrected chi connectivity index (χ4v) is 3.73. The lowest BCUT2D eigenvalue weighted by Crippen LogP contribution is -2.22. The first kappa shape index (κ1) is 16.0. The molecule has 7 heteroatoms. The first-order valence-corrected chi connectivity index (χ1v) is 8.77. The van der Waals surface area contributed by atoms with Crippen LogP contribution in [-0.2, 0) is 16.6 Å². The molecule has 0 saturated carbocycles. The van der Waals surface area contributed by atoms with Gasteiger partial charge in [0.15, 0.2) is 0 Å². The maximum Gasteiger partial charge on any atom is 0.240 e. The van der Waals surface area contributed by atoms with Crippen molar-refractivity contribution in [2.45, 2.75) is 11.4 Å². The second kappa shape index (κ2) is 7.07. The maximum atomic E-state index is 12.1. The Bertz CT molecular complexity index is 789. The van der Waals surface area contributed by atoms with Crippen LogP contribution in [0.25, 0.3) is 0 Å². The van der Waals surface area contributed by atoms with Crippen molar-refractivity contribution in [3.63, 3.8) is 0 Å². The van der Waals surface area contributed by atoms with E-state index in [0.29, 0.717) is 11.6 Å². The van der Waals surface area contributed by atoms with Gasteiger partial charge in [-0.15, -0.1) is 11.3 Å². The van der Waals surface area contributed by atoms with Crippen LogP contribution in [0, 0.1) is 11.8 Å². The lowest BCUT2D eigenvalue weighted by Gasteiger charge is -2.05. The van der Waals surface area contributed by atoms with Gasteiger partial charge in [0.2, 0.25) is 10.0 Å². The SMILES string of the molecule is NCC#Cc1csc(CNS(=O)(=O)c2cccc(Cl)c2)c1. The Balaban J connectivity index is 2.07. The van der Waals surface area contributed by atoms with E-state index in [-0.39, 0.29) is 11.4 Å². The standard InChI is InChI=1S/C14H13ClN2O2S2/c15-12-4-1-5-14(8-12)21(18,19)17-9-13-7-11(10-20-13)3-2-6-16/h1,4-5,7-8,10,17H,6,9,16H2. The minimum atomic E-state index is -3.57. The van der Waals surface area contributed by atoms with E-state index in [0.717, 1.165) is 10.4 Å². The highest BCUT2D eigenvalue weighted by Crippen LogP contribution is 2.17. The molecule has 0 spiro atoms. The molecule has 0 radical (unpaired) electrons. The molecule has 2 rings (SSSR count). The maximum absolute atomic E-state index is 12.1. The van der Waals surface area contributed by atoms with E-state index >= 15 is 0 Å². The Morgan fingerprint density at radius 2 is 2.14 bits per heavy atom. The molecule has 0 unspecified atom stereocenters. The number of sulfonamides is 1. The van der Waals surface area contributed by atoms with Crippen molar-refractivity contribution in [1.29, 1.82) is 0 Å². The molecule has 0 amide bonds. The fourth-order valence-electron chi connectivity index (χ4n) is 1.58. The average Bonchev–Trinajstić information content (AvgIpc) is 2.91. The normalized spacial score (nSPS) is 11.0. The van der Waals surface area contributed by atoms with E-state index < -0.39 is 10.0 Å². The number of thiophene rings is 1. The molecule has 110 valence electrons. The number of nitrogens with one attached hydrogen (secondary N) is 1. The van der Waals surface area contributed by atoms with Crippen LogP contribution in [0.5, 0.6) is 0 Å². The molecule has 0 aliphatic heterocycles. The van der Waals surface area contributed by atoms with Crippen molar-refractivity contribution in [2.75, 3.05) is 6.54 Å². The van der Waals surface area contributed by atoms with E-state index in [1.54, 1.807) is 12.1 Å². The third kappa shape index (κ3) is 4.56. The summed E-state index contributed by atoms with van der Waals surface area (Å²) in [5.74, 6) is 5.66. The topological polar surface area (TPSA) is 72.2 Å². The summed E-state index contributed by atoms with van der Waals surface area (Å²) < 4.78 is 26.8. The fraction of sp³-hybridized carbons (Fsp3) is 0.143. The zero-order valence-electron chi connectivity index (χ0n) is 11.0. The van der Waals surface area contributed by atoms with Gasteiger partial charge in [0.1, 0.15) is 0 Å². The van der Waals surface area contributed by atoms with Crippen molar-refractivity contribution in [2.24, 2.45) is 5.73 Å². The van der Waals surface area contributed by atoms with E-state index in [2.05, 4.69) is 16.6 Å². The predicted molar refractivity (Wildman–Crippen MR) is 85.7 cm³/mol. The molecule has 1 aromatic heterocycles. The summed E-state index contributed by atoms with van der Waals surface area (Å²) in [5.41, 5.74) is 6.14. The zero-order valence-corrected chi connectivity index (χ0v) is 13.4. The van der Waals surface area contributed by atoms with Crippen LogP contribution >= 0.6 is 22.9 Å². The number of nitrogens with two attached hydrogens (primary N) is 1. The van der Waals surface area contributed by atoms with Crippen LogP contribution in [-0.4, -0.2) is 15.0 Å². The summed E-state index contributed by atoms with van der Waals surface area (Å²) >= 11 is 7.25. The predicted octanol–water partition coefficient (Wildman–Crippen LogP) is 2.19.